The van der Waals surface area contributed by atoms with Gasteiger partial charge >= 0.3 is 0 Å². The molecule has 2 heterocycles. The zero-order valence-electron chi connectivity index (χ0n) is 7.88. The summed E-state index contributed by atoms with van der Waals surface area (Å²) in [4.78, 5) is 19.1. The number of nitrogens with zero attached hydrogens (tertiary/aromatic N) is 2. The quantitative estimate of drug-likeness (QED) is 0.844. The Labute approximate surface area is 90.8 Å². The highest BCUT2D eigenvalue weighted by atomic mass is 32.1. The van der Waals surface area contributed by atoms with Gasteiger partial charge in [0, 0.05) is 23.7 Å². The first-order valence-electron chi connectivity index (χ1n) is 4.40. The van der Waals surface area contributed by atoms with E-state index in [1.165, 1.54) is 11.3 Å². The molecule has 2 rings (SSSR count). The monoisotopic (exact) mass is 219 g/mol. The van der Waals surface area contributed by atoms with Crippen molar-refractivity contribution in [3.8, 4) is 0 Å². The third kappa shape index (κ3) is 2.38. The number of hydrogen-bond acceptors (Lipinski definition) is 4. The van der Waals surface area contributed by atoms with Crippen molar-refractivity contribution in [3.63, 3.8) is 0 Å². The fourth-order valence-electron chi connectivity index (χ4n) is 1.16. The number of amides is 1. The molecule has 0 unspecified atom stereocenters. The normalized spacial score (nSPS) is 10.1. The average Bonchev–Trinajstić information content (AvgIpc) is 2.68. The molecule has 4 nitrogen and oxygen atoms in total. The SMILES string of the molecule is NC(=O)c1csc(Cc2ccccn2)n1. The van der Waals surface area contributed by atoms with Crippen molar-refractivity contribution in [3.05, 3.63) is 46.2 Å². The van der Waals surface area contributed by atoms with E-state index in [2.05, 4.69) is 9.97 Å². The molecular weight excluding hydrogens is 210 g/mol. The van der Waals surface area contributed by atoms with Gasteiger partial charge < -0.3 is 5.73 Å². The molecule has 0 saturated carbocycles. The molecule has 2 aromatic rings. The van der Waals surface area contributed by atoms with E-state index in [0.717, 1.165) is 10.7 Å². The summed E-state index contributed by atoms with van der Waals surface area (Å²) >= 11 is 1.42. The lowest BCUT2D eigenvalue weighted by atomic mass is 10.3. The third-order valence-electron chi connectivity index (χ3n) is 1.86. The van der Waals surface area contributed by atoms with Gasteiger partial charge in [0.05, 0.1) is 5.01 Å². The van der Waals surface area contributed by atoms with Crippen LogP contribution in [0.5, 0.6) is 0 Å². The van der Waals surface area contributed by atoms with Gasteiger partial charge in [0.2, 0.25) is 0 Å². The lowest BCUT2D eigenvalue weighted by molar-refractivity contribution is 0.0996. The van der Waals surface area contributed by atoms with Crippen LogP contribution in [0.3, 0.4) is 0 Å². The Morgan fingerprint density at radius 1 is 1.47 bits per heavy atom. The lowest BCUT2D eigenvalue weighted by Crippen LogP contribution is -2.11. The van der Waals surface area contributed by atoms with Gasteiger partial charge in [-0.15, -0.1) is 11.3 Å². The van der Waals surface area contributed by atoms with Crippen molar-refractivity contribution >= 4 is 17.2 Å². The first-order valence-corrected chi connectivity index (χ1v) is 5.28. The number of thiazole rings is 1. The van der Waals surface area contributed by atoms with Gasteiger partial charge in [0.1, 0.15) is 5.69 Å². The van der Waals surface area contributed by atoms with E-state index in [4.69, 9.17) is 5.73 Å². The number of carbonyl (C=O) groups is 1. The minimum Gasteiger partial charge on any atom is -0.364 e. The second kappa shape index (κ2) is 4.18. The molecule has 1 amide bonds. The highest BCUT2D eigenvalue weighted by Crippen LogP contribution is 2.12. The molecule has 15 heavy (non-hydrogen) atoms. The molecule has 0 atom stereocenters. The number of hydrogen-bond donors (Lipinski definition) is 1. The van der Waals surface area contributed by atoms with Crippen molar-refractivity contribution in [2.45, 2.75) is 6.42 Å². The fourth-order valence-corrected chi connectivity index (χ4v) is 1.96. The predicted molar refractivity (Wildman–Crippen MR) is 57.7 cm³/mol. The summed E-state index contributed by atoms with van der Waals surface area (Å²) in [5.41, 5.74) is 6.37. The summed E-state index contributed by atoms with van der Waals surface area (Å²) in [6.45, 7) is 0. The van der Waals surface area contributed by atoms with Gasteiger partial charge in [-0.05, 0) is 12.1 Å². The van der Waals surface area contributed by atoms with Crippen LogP contribution < -0.4 is 5.73 Å². The highest BCUT2D eigenvalue weighted by molar-refractivity contribution is 7.09. The molecule has 0 saturated heterocycles. The maximum Gasteiger partial charge on any atom is 0.268 e. The van der Waals surface area contributed by atoms with Crippen LogP contribution in [0.2, 0.25) is 0 Å². The Bertz CT molecular complexity index is 467. The minimum absolute atomic E-state index is 0.325. The molecule has 0 spiro atoms. The lowest BCUT2D eigenvalue weighted by Gasteiger charge is -1.94. The summed E-state index contributed by atoms with van der Waals surface area (Å²) in [6, 6.07) is 5.70. The van der Waals surface area contributed by atoms with Gasteiger partial charge in [0.15, 0.2) is 0 Å². The highest BCUT2D eigenvalue weighted by Gasteiger charge is 2.07. The molecule has 2 N–H and O–H groups in total. The Morgan fingerprint density at radius 2 is 2.33 bits per heavy atom. The summed E-state index contributed by atoms with van der Waals surface area (Å²) in [5.74, 6) is -0.487. The van der Waals surface area contributed by atoms with E-state index >= 15 is 0 Å². The van der Waals surface area contributed by atoms with Crippen molar-refractivity contribution < 1.29 is 4.79 Å². The van der Waals surface area contributed by atoms with Gasteiger partial charge in [-0.1, -0.05) is 6.07 Å². The number of nitrogens with two attached hydrogens (primary N) is 1. The molecule has 0 aliphatic heterocycles. The molecule has 2 aromatic heterocycles. The van der Waals surface area contributed by atoms with Crippen LogP contribution in [-0.4, -0.2) is 15.9 Å². The average molecular weight is 219 g/mol. The summed E-state index contributed by atoms with van der Waals surface area (Å²) < 4.78 is 0. The Morgan fingerprint density at radius 3 is 2.93 bits per heavy atom. The topological polar surface area (TPSA) is 68.9 Å². The van der Waals surface area contributed by atoms with E-state index in [0.29, 0.717) is 12.1 Å². The summed E-state index contributed by atoms with van der Waals surface area (Å²) in [6.07, 6.45) is 2.37. The Hall–Kier alpha value is -1.75. The molecule has 0 fully saturated rings. The predicted octanol–water partition coefficient (Wildman–Crippen LogP) is 1.23. The van der Waals surface area contributed by atoms with Gasteiger partial charge in [0.25, 0.3) is 5.91 Å². The Kier molecular flexibility index (Phi) is 2.73. The van der Waals surface area contributed by atoms with Crippen molar-refractivity contribution in [1.82, 2.24) is 9.97 Å². The molecule has 0 bridgehead atoms. The molecule has 0 aromatic carbocycles. The minimum atomic E-state index is -0.487. The number of primary amides is 1. The van der Waals surface area contributed by atoms with E-state index in [1.807, 2.05) is 18.2 Å². The van der Waals surface area contributed by atoms with E-state index in [-0.39, 0.29) is 0 Å². The van der Waals surface area contributed by atoms with E-state index in [1.54, 1.807) is 11.6 Å². The van der Waals surface area contributed by atoms with Crippen LogP contribution in [0, 0.1) is 0 Å². The second-order valence-electron chi connectivity index (χ2n) is 2.99. The van der Waals surface area contributed by atoms with Crippen LogP contribution in [0.4, 0.5) is 0 Å². The summed E-state index contributed by atoms with van der Waals surface area (Å²) in [5, 5.41) is 2.52. The van der Waals surface area contributed by atoms with Gasteiger partial charge in [-0.3, -0.25) is 9.78 Å². The fraction of sp³-hybridized carbons (Fsp3) is 0.100. The van der Waals surface area contributed by atoms with Crippen LogP contribution in [0.15, 0.2) is 29.8 Å². The summed E-state index contributed by atoms with van der Waals surface area (Å²) in [7, 11) is 0. The zero-order chi connectivity index (χ0) is 10.7. The molecular formula is C10H9N3OS. The van der Waals surface area contributed by atoms with Crippen molar-refractivity contribution in [2.24, 2.45) is 5.73 Å². The first-order chi connectivity index (χ1) is 7.25. The third-order valence-corrected chi connectivity index (χ3v) is 2.71. The van der Waals surface area contributed by atoms with Crippen LogP contribution >= 0.6 is 11.3 Å². The number of carbonyl (C=O) groups excluding carboxylic acids is 1. The maximum absolute atomic E-state index is 10.8. The van der Waals surface area contributed by atoms with E-state index in [9.17, 15) is 4.79 Å². The number of aromatic nitrogens is 2. The van der Waals surface area contributed by atoms with Gasteiger partial charge in [-0.2, -0.15) is 0 Å². The van der Waals surface area contributed by atoms with Crippen LogP contribution in [0.25, 0.3) is 0 Å². The molecule has 0 aliphatic rings. The second-order valence-corrected chi connectivity index (χ2v) is 3.93. The molecule has 0 radical (unpaired) electrons. The van der Waals surface area contributed by atoms with E-state index < -0.39 is 5.91 Å². The van der Waals surface area contributed by atoms with Crippen molar-refractivity contribution in [1.29, 1.82) is 0 Å². The molecule has 5 heteroatoms. The van der Waals surface area contributed by atoms with Crippen LogP contribution in [0.1, 0.15) is 21.2 Å². The van der Waals surface area contributed by atoms with Crippen molar-refractivity contribution in [2.75, 3.05) is 0 Å². The standard InChI is InChI=1S/C10H9N3OS/c11-10(14)8-6-15-9(13-8)5-7-3-1-2-4-12-7/h1-4,6H,5H2,(H2,11,14). The van der Waals surface area contributed by atoms with Gasteiger partial charge in [-0.25, -0.2) is 4.98 Å². The largest absolute Gasteiger partial charge is 0.364 e. The number of rotatable bonds is 3. The zero-order valence-corrected chi connectivity index (χ0v) is 8.70. The molecule has 76 valence electrons. The Balaban J connectivity index is 2.15. The number of pyridine rings is 1. The van der Waals surface area contributed by atoms with Crippen LogP contribution in [-0.2, 0) is 6.42 Å². The molecule has 0 aliphatic carbocycles. The maximum atomic E-state index is 10.8. The first kappa shape index (κ1) is 9.79. The smallest absolute Gasteiger partial charge is 0.268 e.